The van der Waals surface area contributed by atoms with Crippen LogP contribution in [0.4, 0.5) is 5.69 Å². The molecule has 0 aliphatic carbocycles. The number of carbonyl (C=O) groups excluding carboxylic acids is 1. The van der Waals surface area contributed by atoms with Gasteiger partial charge in [0.2, 0.25) is 0 Å². The number of fused-ring (bicyclic) bond motifs is 1. The third-order valence-electron chi connectivity index (χ3n) is 3.61. The van der Waals surface area contributed by atoms with Gasteiger partial charge in [-0.15, -0.1) is 11.3 Å². The van der Waals surface area contributed by atoms with E-state index in [-0.39, 0.29) is 5.91 Å². The van der Waals surface area contributed by atoms with Gasteiger partial charge in [0.15, 0.2) is 0 Å². The average Bonchev–Trinajstić information content (AvgIpc) is 2.76. The Kier molecular flexibility index (Phi) is 3.56. The number of rotatable bonds is 1. The van der Waals surface area contributed by atoms with E-state index >= 15 is 0 Å². The van der Waals surface area contributed by atoms with Crippen LogP contribution in [0.2, 0.25) is 0 Å². The minimum atomic E-state index is 0.0450. The molecule has 0 saturated carbocycles. The van der Waals surface area contributed by atoms with Gasteiger partial charge in [-0.2, -0.15) is 0 Å². The van der Waals surface area contributed by atoms with Crippen molar-refractivity contribution in [2.24, 2.45) is 0 Å². The van der Waals surface area contributed by atoms with Crippen LogP contribution >= 0.6 is 27.3 Å². The number of halogens is 1. The number of thiophene rings is 1. The molecular weight excluding hydrogens is 336 g/mol. The summed E-state index contributed by atoms with van der Waals surface area (Å²) in [4.78, 5) is 15.1. The van der Waals surface area contributed by atoms with Gasteiger partial charge in [-0.1, -0.05) is 27.6 Å². The maximum atomic E-state index is 12.6. The molecule has 0 radical (unpaired) electrons. The van der Waals surface area contributed by atoms with E-state index in [1.54, 1.807) is 0 Å². The molecule has 2 heterocycles. The van der Waals surface area contributed by atoms with Crippen molar-refractivity contribution < 1.29 is 4.79 Å². The molecule has 1 aromatic carbocycles. The summed E-state index contributed by atoms with van der Waals surface area (Å²) in [6.45, 7) is 3.56. The minimum Gasteiger partial charge on any atom is -0.397 e. The van der Waals surface area contributed by atoms with E-state index in [1.807, 2.05) is 23.1 Å². The van der Waals surface area contributed by atoms with E-state index in [1.165, 1.54) is 16.9 Å². The third kappa shape index (κ3) is 2.36. The number of nitrogens with two attached hydrogens (primary N) is 1. The molecule has 0 spiro atoms. The van der Waals surface area contributed by atoms with Crippen LogP contribution in [0.15, 0.2) is 34.3 Å². The van der Waals surface area contributed by atoms with Gasteiger partial charge in [-0.25, -0.2) is 0 Å². The summed E-state index contributed by atoms with van der Waals surface area (Å²) in [6, 6.07) is 5.94. The Morgan fingerprint density at radius 3 is 2.95 bits per heavy atom. The van der Waals surface area contributed by atoms with Crippen LogP contribution < -0.4 is 5.73 Å². The van der Waals surface area contributed by atoms with Crippen molar-refractivity contribution >= 4 is 48.9 Å². The second kappa shape index (κ2) is 5.22. The highest BCUT2D eigenvalue weighted by molar-refractivity contribution is 9.10. The molecule has 3 rings (SSSR count). The highest BCUT2D eigenvalue weighted by atomic mass is 79.9. The van der Waals surface area contributed by atoms with Crippen LogP contribution in [0.5, 0.6) is 0 Å². The number of carbonyl (C=O) groups is 1. The van der Waals surface area contributed by atoms with Gasteiger partial charge in [-0.3, -0.25) is 4.79 Å². The number of hydrogen-bond donors (Lipinski definition) is 1. The van der Waals surface area contributed by atoms with Crippen LogP contribution in [-0.2, 0) is 0 Å². The molecule has 0 atom stereocenters. The average molecular weight is 351 g/mol. The van der Waals surface area contributed by atoms with Crippen LogP contribution in [0.1, 0.15) is 23.0 Å². The molecule has 20 heavy (non-hydrogen) atoms. The van der Waals surface area contributed by atoms with Gasteiger partial charge < -0.3 is 10.6 Å². The Balaban J connectivity index is 1.98. The highest BCUT2D eigenvalue weighted by Gasteiger charge is 2.23. The topological polar surface area (TPSA) is 46.3 Å². The molecule has 0 unspecified atom stereocenters. The number of amides is 1. The van der Waals surface area contributed by atoms with Crippen LogP contribution in [0.3, 0.4) is 0 Å². The summed E-state index contributed by atoms with van der Waals surface area (Å²) in [7, 11) is 0. The molecule has 0 bridgehead atoms. The zero-order valence-electron chi connectivity index (χ0n) is 11.1. The largest absolute Gasteiger partial charge is 0.397 e. The molecule has 2 aromatic rings. The van der Waals surface area contributed by atoms with E-state index in [0.717, 1.165) is 27.5 Å². The lowest BCUT2D eigenvalue weighted by Gasteiger charge is -2.25. The van der Waals surface area contributed by atoms with Crippen LogP contribution in [0, 0.1) is 0 Å². The van der Waals surface area contributed by atoms with Crippen molar-refractivity contribution in [2.75, 3.05) is 18.8 Å². The molecular formula is C15H15BrN2OS. The molecule has 0 fully saturated rings. The molecule has 0 saturated heterocycles. The predicted molar refractivity (Wildman–Crippen MR) is 88.2 cm³/mol. The Morgan fingerprint density at radius 2 is 2.25 bits per heavy atom. The van der Waals surface area contributed by atoms with Gasteiger partial charge in [0.1, 0.15) is 4.88 Å². The summed E-state index contributed by atoms with van der Waals surface area (Å²) in [5.74, 6) is 0.0450. The van der Waals surface area contributed by atoms with Gasteiger partial charge in [0.05, 0.1) is 5.69 Å². The zero-order valence-corrected chi connectivity index (χ0v) is 13.6. The second-order valence-corrected chi connectivity index (χ2v) is 7.00. The number of nitrogen functional groups attached to an aromatic ring is 1. The smallest absolute Gasteiger partial charge is 0.266 e. The second-order valence-electron chi connectivity index (χ2n) is 5.04. The van der Waals surface area contributed by atoms with E-state index in [0.29, 0.717) is 17.1 Å². The predicted octanol–water partition coefficient (Wildman–Crippen LogP) is 4.04. The van der Waals surface area contributed by atoms with E-state index in [2.05, 4.69) is 28.9 Å². The Bertz CT molecular complexity index is 720. The van der Waals surface area contributed by atoms with Crippen molar-refractivity contribution in [3.63, 3.8) is 0 Å². The highest BCUT2D eigenvalue weighted by Crippen LogP contribution is 2.36. The fraction of sp³-hybridized carbons (Fsp3) is 0.267. The molecule has 5 heteroatoms. The first-order valence-corrected chi connectivity index (χ1v) is 8.09. The number of hydrogen-bond acceptors (Lipinski definition) is 3. The molecule has 3 nitrogen and oxygen atoms in total. The molecule has 1 aliphatic rings. The van der Waals surface area contributed by atoms with Gasteiger partial charge in [0, 0.05) is 27.6 Å². The SMILES string of the molecule is CC1=CCN(C(=O)c2sc3ccc(Br)cc3c2N)CC1. The Hall–Kier alpha value is -1.33. The van der Waals surface area contributed by atoms with E-state index < -0.39 is 0 Å². The minimum absolute atomic E-state index is 0.0450. The standard InChI is InChI=1S/C15H15BrN2OS/c1-9-4-6-18(7-5-9)15(19)14-13(17)11-8-10(16)2-3-12(11)20-14/h2-4,8H,5-7,17H2,1H3. The molecule has 2 N–H and O–H groups in total. The summed E-state index contributed by atoms with van der Waals surface area (Å²) >= 11 is 4.92. The lowest BCUT2D eigenvalue weighted by Crippen LogP contribution is -2.34. The Labute approximate surface area is 130 Å². The summed E-state index contributed by atoms with van der Waals surface area (Å²) < 4.78 is 2.03. The van der Waals surface area contributed by atoms with E-state index in [4.69, 9.17) is 5.73 Å². The molecule has 1 aliphatic heterocycles. The first-order chi connectivity index (χ1) is 9.56. The molecule has 1 amide bonds. The summed E-state index contributed by atoms with van der Waals surface area (Å²) in [6.07, 6.45) is 3.06. The lowest BCUT2D eigenvalue weighted by molar-refractivity contribution is 0.0775. The summed E-state index contributed by atoms with van der Waals surface area (Å²) in [5.41, 5.74) is 8.12. The zero-order chi connectivity index (χ0) is 14.3. The fourth-order valence-electron chi connectivity index (χ4n) is 2.35. The van der Waals surface area contributed by atoms with Crippen LogP contribution in [0.25, 0.3) is 10.1 Å². The van der Waals surface area contributed by atoms with Gasteiger partial charge >= 0.3 is 0 Å². The normalized spacial score (nSPS) is 15.5. The van der Waals surface area contributed by atoms with Crippen molar-refractivity contribution in [1.29, 1.82) is 0 Å². The fourth-order valence-corrected chi connectivity index (χ4v) is 3.78. The van der Waals surface area contributed by atoms with Gasteiger partial charge in [-0.05, 0) is 31.5 Å². The van der Waals surface area contributed by atoms with Crippen LogP contribution in [-0.4, -0.2) is 23.9 Å². The first kappa shape index (κ1) is 13.6. The van der Waals surface area contributed by atoms with Gasteiger partial charge in [0.25, 0.3) is 5.91 Å². The summed E-state index contributed by atoms with van der Waals surface area (Å²) in [5, 5.41) is 0.955. The quantitative estimate of drug-likeness (QED) is 0.789. The molecule has 1 aromatic heterocycles. The third-order valence-corrected chi connectivity index (χ3v) is 5.27. The number of nitrogens with zero attached hydrogens (tertiary/aromatic N) is 1. The monoisotopic (exact) mass is 350 g/mol. The Morgan fingerprint density at radius 1 is 1.45 bits per heavy atom. The maximum Gasteiger partial charge on any atom is 0.266 e. The maximum absolute atomic E-state index is 12.6. The lowest BCUT2D eigenvalue weighted by atomic mass is 10.1. The van der Waals surface area contributed by atoms with Crippen molar-refractivity contribution in [3.8, 4) is 0 Å². The molecule has 104 valence electrons. The first-order valence-electron chi connectivity index (χ1n) is 6.48. The van der Waals surface area contributed by atoms with Crippen molar-refractivity contribution in [1.82, 2.24) is 4.90 Å². The number of anilines is 1. The van der Waals surface area contributed by atoms with E-state index in [9.17, 15) is 4.79 Å². The number of benzene rings is 1. The van der Waals surface area contributed by atoms with Crippen molar-refractivity contribution in [2.45, 2.75) is 13.3 Å². The van der Waals surface area contributed by atoms with Crippen molar-refractivity contribution in [3.05, 3.63) is 39.2 Å².